The van der Waals surface area contributed by atoms with Crippen LogP contribution in [0.15, 0.2) is 0 Å². The van der Waals surface area contributed by atoms with Crippen LogP contribution in [0.25, 0.3) is 0 Å². The monoisotopic (exact) mass is 417 g/mol. The molecule has 0 radical (unpaired) electrons. The minimum absolute atomic E-state index is 0.476. The molecule has 3 heterocycles. The van der Waals surface area contributed by atoms with Gasteiger partial charge in [-0.2, -0.15) is 15.0 Å². The molecule has 0 aromatic carbocycles. The second-order valence-corrected chi connectivity index (χ2v) is 8.71. The zero-order valence-electron chi connectivity index (χ0n) is 18.3. The van der Waals surface area contributed by atoms with E-state index >= 15 is 0 Å². The van der Waals surface area contributed by atoms with Crippen LogP contribution < -0.4 is 21.3 Å². The highest BCUT2D eigenvalue weighted by Gasteiger charge is 2.20. The molecule has 3 fully saturated rings. The fraction of sp³-hybridized carbons (Fsp3) is 0.857. The van der Waals surface area contributed by atoms with Gasteiger partial charge in [-0.3, -0.25) is 9.80 Å². The normalized spacial score (nSPS) is 22.1. The van der Waals surface area contributed by atoms with Crippen molar-refractivity contribution in [3.63, 3.8) is 0 Å². The largest absolute Gasteiger partial charge is 0.353 e. The summed E-state index contributed by atoms with van der Waals surface area (Å²) >= 11 is 0. The van der Waals surface area contributed by atoms with E-state index < -0.39 is 0 Å². The Morgan fingerprint density at radius 2 is 1.20 bits per heavy atom. The average molecular weight is 418 g/mol. The van der Waals surface area contributed by atoms with Crippen LogP contribution in [-0.4, -0.2) is 103 Å². The van der Waals surface area contributed by atoms with Crippen LogP contribution in [0, 0.1) is 0 Å². The fourth-order valence-electron chi connectivity index (χ4n) is 4.61. The molecule has 2 saturated heterocycles. The highest BCUT2D eigenvalue weighted by Crippen LogP contribution is 2.31. The van der Waals surface area contributed by atoms with Crippen molar-refractivity contribution in [2.45, 2.75) is 38.0 Å². The maximum atomic E-state index is 4.81. The molecule has 3 aliphatic rings. The predicted octanol–water partition coefficient (Wildman–Crippen LogP) is 0.554. The van der Waals surface area contributed by atoms with Gasteiger partial charge in [0.05, 0.1) is 0 Å². The number of hydrogen-bond acceptors (Lipinski definition) is 9. The third-order valence-corrected chi connectivity index (χ3v) is 6.46. The Balaban J connectivity index is 1.34. The van der Waals surface area contributed by atoms with Crippen molar-refractivity contribution >= 4 is 11.9 Å². The Kier molecular flexibility index (Phi) is 8.48. The maximum absolute atomic E-state index is 4.81. The Morgan fingerprint density at radius 3 is 1.70 bits per heavy atom. The molecule has 1 saturated carbocycles. The smallest absolute Gasteiger partial charge is 0.227 e. The zero-order valence-corrected chi connectivity index (χ0v) is 18.3. The van der Waals surface area contributed by atoms with Crippen molar-refractivity contribution in [1.29, 1.82) is 0 Å². The molecule has 9 heteroatoms. The summed E-state index contributed by atoms with van der Waals surface area (Å²) in [5.41, 5.74) is 0. The SMILES string of the molecule is C1CCC(c2nc(NCCN3CCNCC3)nc(NCCN3CCNCC3)n2)CC1. The van der Waals surface area contributed by atoms with E-state index in [2.05, 4.69) is 36.1 Å². The van der Waals surface area contributed by atoms with E-state index in [0.717, 1.165) is 96.3 Å². The van der Waals surface area contributed by atoms with Gasteiger partial charge >= 0.3 is 0 Å². The molecule has 9 nitrogen and oxygen atoms in total. The molecule has 1 aliphatic carbocycles. The Hall–Kier alpha value is -1.55. The molecule has 168 valence electrons. The van der Waals surface area contributed by atoms with Crippen molar-refractivity contribution < 1.29 is 0 Å². The molecule has 2 aliphatic heterocycles. The molecule has 0 unspecified atom stereocenters. The number of anilines is 2. The van der Waals surface area contributed by atoms with Gasteiger partial charge in [0.1, 0.15) is 5.82 Å². The van der Waals surface area contributed by atoms with Crippen molar-refractivity contribution in [3.05, 3.63) is 5.82 Å². The predicted molar refractivity (Wildman–Crippen MR) is 121 cm³/mol. The molecule has 1 aromatic rings. The molecule has 30 heavy (non-hydrogen) atoms. The van der Waals surface area contributed by atoms with Gasteiger partial charge in [0.15, 0.2) is 0 Å². The Bertz CT molecular complexity index is 581. The first-order valence-electron chi connectivity index (χ1n) is 12.0. The molecule has 0 bridgehead atoms. The number of hydrogen-bond donors (Lipinski definition) is 4. The lowest BCUT2D eigenvalue weighted by molar-refractivity contribution is 0.249. The minimum atomic E-state index is 0.476. The lowest BCUT2D eigenvalue weighted by atomic mass is 9.89. The lowest BCUT2D eigenvalue weighted by Crippen LogP contribution is -2.45. The van der Waals surface area contributed by atoms with E-state index in [-0.39, 0.29) is 0 Å². The zero-order chi connectivity index (χ0) is 20.4. The summed E-state index contributed by atoms with van der Waals surface area (Å²) < 4.78 is 0. The van der Waals surface area contributed by atoms with Gasteiger partial charge in [-0.25, -0.2) is 0 Å². The summed E-state index contributed by atoms with van der Waals surface area (Å²) in [4.78, 5) is 19.3. The summed E-state index contributed by atoms with van der Waals surface area (Å²) in [5, 5.41) is 13.8. The second kappa shape index (κ2) is 11.7. The van der Waals surface area contributed by atoms with E-state index in [1.54, 1.807) is 0 Å². The Morgan fingerprint density at radius 1 is 0.700 bits per heavy atom. The number of aromatic nitrogens is 3. The summed E-state index contributed by atoms with van der Waals surface area (Å²) in [5.74, 6) is 2.90. The first kappa shape index (κ1) is 21.7. The third-order valence-electron chi connectivity index (χ3n) is 6.46. The van der Waals surface area contributed by atoms with Gasteiger partial charge in [-0.1, -0.05) is 19.3 Å². The van der Waals surface area contributed by atoms with Crippen LogP contribution in [0.4, 0.5) is 11.9 Å². The van der Waals surface area contributed by atoms with E-state index in [4.69, 9.17) is 9.97 Å². The van der Waals surface area contributed by atoms with E-state index in [9.17, 15) is 0 Å². The number of piperazine rings is 2. The third kappa shape index (κ3) is 6.73. The van der Waals surface area contributed by atoms with Crippen molar-refractivity contribution in [1.82, 2.24) is 35.4 Å². The highest BCUT2D eigenvalue weighted by molar-refractivity contribution is 5.35. The molecule has 0 amide bonds. The first-order valence-corrected chi connectivity index (χ1v) is 12.0. The summed E-state index contributed by atoms with van der Waals surface area (Å²) in [7, 11) is 0. The standard InChI is InChI=1S/C21H39N9/c1-2-4-18(5-3-1)19-26-20(24-10-16-29-12-6-22-7-13-29)28-21(27-19)25-11-17-30-14-8-23-9-15-30/h18,22-23H,1-17H2,(H2,24,25,26,27,28). The molecule has 0 spiro atoms. The minimum Gasteiger partial charge on any atom is -0.353 e. The van der Waals surface area contributed by atoms with Gasteiger partial charge in [-0.05, 0) is 12.8 Å². The molecular formula is C21H39N9. The van der Waals surface area contributed by atoms with Crippen molar-refractivity contribution in [2.75, 3.05) is 89.2 Å². The lowest BCUT2D eigenvalue weighted by Gasteiger charge is -2.27. The van der Waals surface area contributed by atoms with Crippen molar-refractivity contribution in [3.8, 4) is 0 Å². The van der Waals surface area contributed by atoms with Crippen LogP contribution in [0.2, 0.25) is 0 Å². The fourth-order valence-corrected chi connectivity index (χ4v) is 4.61. The van der Waals surface area contributed by atoms with Crippen LogP contribution in [0.1, 0.15) is 43.8 Å². The van der Waals surface area contributed by atoms with Crippen LogP contribution in [-0.2, 0) is 0 Å². The summed E-state index contributed by atoms with van der Waals surface area (Å²) in [6, 6.07) is 0. The average Bonchev–Trinajstić information content (AvgIpc) is 2.81. The van der Waals surface area contributed by atoms with E-state index in [1.165, 1.54) is 32.1 Å². The number of rotatable bonds is 9. The molecule has 1 aromatic heterocycles. The highest BCUT2D eigenvalue weighted by atomic mass is 15.3. The maximum Gasteiger partial charge on any atom is 0.227 e. The van der Waals surface area contributed by atoms with Gasteiger partial charge in [0.2, 0.25) is 11.9 Å². The number of nitrogens with one attached hydrogen (secondary N) is 4. The Labute approximate surface area is 180 Å². The summed E-state index contributed by atoms with van der Waals surface area (Å²) in [6.45, 7) is 12.6. The van der Waals surface area contributed by atoms with Crippen LogP contribution in [0.5, 0.6) is 0 Å². The first-order chi connectivity index (χ1) is 14.9. The molecular weight excluding hydrogens is 378 g/mol. The molecule has 4 rings (SSSR count). The molecule has 0 atom stereocenters. The van der Waals surface area contributed by atoms with Gasteiger partial charge in [0, 0.05) is 84.5 Å². The van der Waals surface area contributed by atoms with Gasteiger partial charge < -0.3 is 21.3 Å². The molecule has 4 N–H and O–H groups in total. The van der Waals surface area contributed by atoms with Crippen molar-refractivity contribution in [2.24, 2.45) is 0 Å². The van der Waals surface area contributed by atoms with Gasteiger partial charge in [0.25, 0.3) is 0 Å². The van der Waals surface area contributed by atoms with E-state index in [0.29, 0.717) is 5.92 Å². The van der Waals surface area contributed by atoms with Crippen LogP contribution in [0.3, 0.4) is 0 Å². The summed E-state index contributed by atoms with van der Waals surface area (Å²) in [6.07, 6.45) is 6.31. The topological polar surface area (TPSA) is 93.3 Å². The van der Waals surface area contributed by atoms with Crippen LogP contribution >= 0.6 is 0 Å². The van der Waals surface area contributed by atoms with Gasteiger partial charge in [-0.15, -0.1) is 0 Å². The second-order valence-electron chi connectivity index (χ2n) is 8.71. The quantitative estimate of drug-likeness (QED) is 0.460. The van der Waals surface area contributed by atoms with E-state index in [1.807, 2.05) is 0 Å². The number of nitrogens with zero attached hydrogens (tertiary/aromatic N) is 5.